The molecule has 0 amide bonds. The molecule has 0 radical (unpaired) electrons. The van der Waals surface area contributed by atoms with Gasteiger partial charge in [-0.15, -0.1) is 0 Å². The summed E-state index contributed by atoms with van der Waals surface area (Å²) in [6.45, 7) is 2.03. The van der Waals surface area contributed by atoms with Gasteiger partial charge in [-0.3, -0.25) is 0 Å². The predicted octanol–water partition coefficient (Wildman–Crippen LogP) is -2.16. The van der Waals surface area contributed by atoms with E-state index in [1.807, 2.05) is 6.92 Å². The van der Waals surface area contributed by atoms with Crippen LogP contribution in [0.15, 0.2) is 10.3 Å². The molecule has 0 aliphatic carbocycles. The molecule has 0 bridgehead atoms. The monoisotopic (exact) mass is 228 g/mol. The van der Waals surface area contributed by atoms with E-state index in [1.54, 1.807) is 4.08 Å². The zero-order chi connectivity index (χ0) is 6.41. The van der Waals surface area contributed by atoms with Gasteiger partial charge in [0.05, 0.1) is 0 Å². The molecule has 0 aliphatic heterocycles. The van der Waals surface area contributed by atoms with Crippen molar-refractivity contribution in [3.05, 3.63) is 20.4 Å². The SMILES string of the molecule is CC[I-]/C=C/[N+](=O)[O-]. The predicted molar refractivity (Wildman–Crippen MR) is 26.7 cm³/mol. The minimum absolute atomic E-state index is 0.0278. The van der Waals surface area contributed by atoms with Crippen molar-refractivity contribution < 1.29 is 26.1 Å². The Balaban J connectivity index is 3.20. The molecule has 0 unspecified atom stereocenters. The summed E-state index contributed by atoms with van der Waals surface area (Å²) in [6.07, 6.45) is 1.02. The zero-order valence-corrected chi connectivity index (χ0v) is 6.66. The molecule has 3 nitrogen and oxygen atoms in total. The van der Waals surface area contributed by atoms with E-state index in [-0.39, 0.29) is 21.2 Å². The minimum atomic E-state index is -0.421. The Morgan fingerprint density at radius 1 is 1.88 bits per heavy atom. The van der Waals surface area contributed by atoms with Gasteiger partial charge < -0.3 is 0 Å². The molecule has 48 valence electrons. The molecule has 0 saturated heterocycles. The third-order valence-corrected chi connectivity index (χ3v) is 2.13. The number of hydrogen-bond acceptors (Lipinski definition) is 2. The van der Waals surface area contributed by atoms with Gasteiger partial charge in [0, 0.05) is 0 Å². The molecule has 0 N–H and O–H groups in total. The Bertz CT molecular complexity index is 102. The van der Waals surface area contributed by atoms with Gasteiger partial charge in [0.1, 0.15) is 0 Å². The van der Waals surface area contributed by atoms with Crippen molar-refractivity contribution in [2.45, 2.75) is 6.92 Å². The summed E-state index contributed by atoms with van der Waals surface area (Å²) in [5.74, 6) is 0. The van der Waals surface area contributed by atoms with Gasteiger partial charge in [-0.25, -0.2) is 0 Å². The third kappa shape index (κ3) is 5.87. The molecule has 0 aromatic carbocycles. The summed E-state index contributed by atoms with van der Waals surface area (Å²) in [5, 5.41) is 9.61. The molecule has 0 aromatic heterocycles. The normalized spacial score (nSPS) is 10.6. The number of rotatable bonds is 3. The molecule has 0 fully saturated rings. The summed E-state index contributed by atoms with van der Waals surface area (Å²) in [5.41, 5.74) is 0. The molecular weight excluding hydrogens is 221 g/mol. The second kappa shape index (κ2) is 5.02. The van der Waals surface area contributed by atoms with Gasteiger partial charge in [-0.1, -0.05) is 0 Å². The molecule has 0 aromatic rings. The Morgan fingerprint density at radius 2 is 2.50 bits per heavy atom. The van der Waals surface area contributed by atoms with E-state index >= 15 is 0 Å². The van der Waals surface area contributed by atoms with E-state index in [4.69, 9.17) is 0 Å². The van der Waals surface area contributed by atoms with Gasteiger partial charge in [0.2, 0.25) is 0 Å². The average Bonchev–Trinajstić information content (AvgIpc) is 1.66. The van der Waals surface area contributed by atoms with Crippen molar-refractivity contribution in [1.82, 2.24) is 0 Å². The first-order chi connectivity index (χ1) is 3.77. The molecule has 4 heteroatoms. The van der Waals surface area contributed by atoms with Crippen molar-refractivity contribution in [3.63, 3.8) is 0 Å². The van der Waals surface area contributed by atoms with Crippen LogP contribution in [0.5, 0.6) is 0 Å². The first-order valence-corrected chi connectivity index (χ1v) is 4.92. The van der Waals surface area contributed by atoms with Crippen LogP contribution < -0.4 is 21.2 Å². The van der Waals surface area contributed by atoms with Crippen LogP contribution in [0.25, 0.3) is 0 Å². The van der Waals surface area contributed by atoms with Crippen LogP contribution in [-0.4, -0.2) is 9.35 Å². The van der Waals surface area contributed by atoms with Gasteiger partial charge in [-0.05, 0) is 0 Å². The Hall–Kier alpha value is -0.130. The summed E-state index contributed by atoms with van der Waals surface area (Å²) >= 11 is -0.0278. The Morgan fingerprint density at radius 3 is 2.88 bits per heavy atom. The van der Waals surface area contributed by atoms with Gasteiger partial charge >= 0.3 is 57.9 Å². The van der Waals surface area contributed by atoms with Crippen LogP contribution in [0.4, 0.5) is 0 Å². The first-order valence-electron chi connectivity index (χ1n) is 2.15. The van der Waals surface area contributed by atoms with Crippen LogP contribution in [0.1, 0.15) is 6.92 Å². The molecule has 0 saturated carbocycles. The molecule has 8 heavy (non-hydrogen) atoms. The fourth-order valence-corrected chi connectivity index (χ4v) is 1.17. The molecule has 0 heterocycles. The van der Waals surface area contributed by atoms with E-state index in [2.05, 4.69) is 0 Å². The maximum absolute atomic E-state index is 9.61. The molecular formula is C4H7INO2-. The second-order valence-corrected chi connectivity index (χ2v) is 4.11. The molecule has 0 rings (SSSR count). The summed E-state index contributed by atoms with van der Waals surface area (Å²) in [7, 11) is 0. The van der Waals surface area contributed by atoms with Crippen LogP contribution in [0.2, 0.25) is 0 Å². The number of nitrogens with zero attached hydrogens (tertiary/aromatic N) is 1. The van der Waals surface area contributed by atoms with E-state index < -0.39 is 4.92 Å². The fourth-order valence-electron chi connectivity index (χ4n) is 0.175. The number of alkyl halides is 1. The average molecular weight is 228 g/mol. The standard InChI is InChI=1S/C4H7INO2/c1-2-5-3-4-6(7)8/h3-4H,2H2,1H3/q-1/b4-3+. The van der Waals surface area contributed by atoms with Crippen LogP contribution in [0.3, 0.4) is 0 Å². The van der Waals surface area contributed by atoms with E-state index in [1.165, 1.54) is 0 Å². The maximum atomic E-state index is 9.61. The first kappa shape index (κ1) is 7.87. The quantitative estimate of drug-likeness (QED) is 0.239. The van der Waals surface area contributed by atoms with Crippen LogP contribution in [-0.2, 0) is 0 Å². The Labute approximate surface area is 58.2 Å². The van der Waals surface area contributed by atoms with Gasteiger partial charge in [0.25, 0.3) is 0 Å². The molecule has 0 spiro atoms. The summed E-state index contributed by atoms with van der Waals surface area (Å²) < 4.78 is 2.74. The Kier molecular flexibility index (Phi) is 4.93. The topological polar surface area (TPSA) is 43.1 Å². The number of hydrogen-bond donors (Lipinski definition) is 0. The van der Waals surface area contributed by atoms with Crippen molar-refractivity contribution in [2.75, 3.05) is 4.43 Å². The van der Waals surface area contributed by atoms with Crippen molar-refractivity contribution in [1.29, 1.82) is 0 Å². The number of nitro groups is 1. The third-order valence-electron chi connectivity index (χ3n) is 0.421. The van der Waals surface area contributed by atoms with Gasteiger partial charge in [0.15, 0.2) is 0 Å². The van der Waals surface area contributed by atoms with Gasteiger partial charge in [-0.2, -0.15) is 0 Å². The molecule has 0 aliphatic rings. The van der Waals surface area contributed by atoms with E-state index in [0.717, 1.165) is 10.6 Å². The van der Waals surface area contributed by atoms with E-state index in [9.17, 15) is 10.1 Å². The fraction of sp³-hybridized carbons (Fsp3) is 0.500. The molecule has 0 atom stereocenters. The van der Waals surface area contributed by atoms with Crippen molar-refractivity contribution >= 4 is 0 Å². The van der Waals surface area contributed by atoms with Crippen LogP contribution >= 0.6 is 0 Å². The summed E-state index contributed by atoms with van der Waals surface area (Å²) in [6, 6.07) is 0. The number of halogens is 1. The summed E-state index contributed by atoms with van der Waals surface area (Å²) in [4.78, 5) is 9.19. The van der Waals surface area contributed by atoms with Crippen molar-refractivity contribution in [3.8, 4) is 0 Å². The zero-order valence-electron chi connectivity index (χ0n) is 4.50. The second-order valence-electron chi connectivity index (χ2n) is 0.982. The van der Waals surface area contributed by atoms with E-state index in [0.29, 0.717) is 0 Å². The van der Waals surface area contributed by atoms with Crippen molar-refractivity contribution in [2.24, 2.45) is 0 Å². The van der Waals surface area contributed by atoms with Crippen LogP contribution in [0, 0.1) is 10.1 Å².